The van der Waals surface area contributed by atoms with Gasteiger partial charge >= 0.3 is 0 Å². The molecule has 3 rings (SSSR count). The van der Waals surface area contributed by atoms with Gasteiger partial charge in [0.1, 0.15) is 0 Å². The van der Waals surface area contributed by atoms with Crippen LogP contribution < -0.4 is 5.32 Å². The zero-order chi connectivity index (χ0) is 17.8. The monoisotopic (exact) mass is 376 g/mol. The van der Waals surface area contributed by atoms with Gasteiger partial charge in [-0.15, -0.1) is 0 Å². The summed E-state index contributed by atoms with van der Waals surface area (Å²) in [5.41, 5.74) is 1.14. The van der Waals surface area contributed by atoms with Gasteiger partial charge in [0.05, 0.1) is 0 Å². The van der Waals surface area contributed by atoms with E-state index in [1.54, 1.807) is 53.4 Å². The fourth-order valence-corrected chi connectivity index (χ4v) is 3.31. The molecule has 4 nitrogen and oxygen atoms in total. The number of amides is 2. The Kier molecular flexibility index (Phi) is 5.61. The molecule has 0 bridgehead atoms. The lowest BCUT2D eigenvalue weighted by molar-refractivity contribution is 0.0698. The predicted octanol–water partition coefficient (Wildman–Crippen LogP) is 4.03. The molecule has 0 atom stereocenters. The fraction of sp³-hybridized carbons (Fsp3) is 0.263. The predicted molar refractivity (Wildman–Crippen MR) is 99.3 cm³/mol. The Hall–Kier alpha value is -2.04. The summed E-state index contributed by atoms with van der Waals surface area (Å²) in [7, 11) is 0. The third kappa shape index (κ3) is 4.53. The topological polar surface area (TPSA) is 49.4 Å². The van der Waals surface area contributed by atoms with E-state index in [9.17, 15) is 9.59 Å². The molecule has 0 unspecified atom stereocenters. The van der Waals surface area contributed by atoms with Gasteiger partial charge in [0.25, 0.3) is 11.8 Å². The molecule has 1 saturated heterocycles. The summed E-state index contributed by atoms with van der Waals surface area (Å²) in [6.07, 6.45) is 1.44. The molecule has 0 saturated carbocycles. The summed E-state index contributed by atoms with van der Waals surface area (Å²) in [6.45, 7) is 1.21. The van der Waals surface area contributed by atoms with Gasteiger partial charge in [-0.1, -0.05) is 35.3 Å². The number of likely N-dealkylation sites (tertiary alicyclic amines) is 1. The number of hydrogen-bond donors (Lipinski definition) is 1. The van der Waals surface area contributed by atoms with Gasteiger partial charge in [0.2, 0.25) is 0 Å². The zero-order valence-corrected chi connectivity index (χ0v) is 15.1. The van der Waals surface area contributed by atoms with Crippen molar-refractivity contribution < 1.29 is 9.59 Å². The molecule has 2 amide bonds. The minimum absolute atomic E-state index is 0.0258. The largest absolute Gasteiger partial charge is 0.349 e. The Balaban J connectivity index is 1.55. The maximum absolute atomic E-state index is 12.5. The average molecular weight is 377 g/mol. The second-order valence-electron chi connectivity index (χ2n) is 6.06. The maximum Gasteiger partial charge on any atom is 0.253 e. The summed E-state index contributed by atoms with van der Waals surface area (Å²) < 4.78 is 0. The molecule has 2 aromatic carbocycles. The van der Waals surface area contributed by atoms with Crippen LogP contribution in [0.1, 0.15) is 33.6 Å². The highest BCUT2D eigenvalue weighted by molar-refractivity contribution is 6.31. The molecule has 1 N–H and O–H groups in total. The van der Waals surface area contributed by atoms with Crippen molar-refractivity contribution in [2.45, 2.75) is 18.9 Å². The number of benzene rings is 2. The van der Waals surface area contributed by atoms with Crippen molar-refractivity contribution in [3.05, 3.63) is 69.7 Å². The first-order chi connectivity index (χ1) is 12.0. The molecule has 2 aromatic rings. The summed E-state index contributed by atoms with van der Waals surface area (Å²) in [5, 5.41) is 4.10. The first kappa shape index (κ1) is 17.8. The quantitative estimate of drug-likeness (QED) is 0.878. The Morgan fingerprint density at radius 1 is 0.920 bits per heavy atom. The van der Waals surface area contributed by atoms with E-state index in [-0.39, 0.29) is 17.9 Å². The van der Waals surface area contributed by atoms with Crippen LogP contribution in [0.4, 0.5) is 0 Å². The molecule has 6 heteroatoms. The third-order valence-corrected chi connectivity index (χ3v) is 4.75. The average Bonchev–Trinajstić information content (AvgIpc) is 2.62. The number of hydrogen-bond acceptors (Lipinski definition) is 2. The van der Waals surface area contributed by atoms with E-state index in [2.05, 4.69) is 5.32 Å². The van der Waals surface area contributed by atoms with Gasteiger partial charge in [-0.3, -0.25) is 9.59 Å². The van der Waals surface area contributed by atoms with E-state index in [1.807, 2.05) is 0 Å². The minimum Gasteiger partial charge on any atom is -0.349 e. The van der Waals surface area contributed by atoms with Gasteiger partial charge in [-0.25, -0.2) is 0 Å². The molecule has 25 heavy (non-hydrogen) atoms. The lowest BCUT2D eigenvalue weighted by atomic mass is 10.0. The van der Waals surface area contributed by atoms with Gasteiger partial charge < -0.3 is 10.2 Å². The van der Waals surface area contributed by atoms with E-state index in [0.29, 0.717) is 34.3 Å². The standard InChI is InChI=1S/C19H18Cl2N2O2/c20-15-5-1-3-13(11-15)18(24)22-17-7-9-23(10-8-17)19(25)14-4-2-6-16(21)12-14/h1-6,11-12,17H,7-10H2,(H,22,24). The highest BCUT2D eigenvalue weighted by atomic mass is 35.5. The Bertz CT molecular complexity index is 786. The number of rotatable bonds is 3. The maximum atomic E-state index is 12.5. The molecule has 0 aliphatic carbocycles. The third-order valence-electron chi connectivity index (χ3n) is 4.28. The normalized spacial score (nSPS) is 15.0. The molecule has 1 heterocycles. The van der Waals surface area contributed by atoms with Gasteiger partial charge in [-0.05, 0) is 49.2 Å². The first-order valence-electron chi connectivity index (χ1n) is 8.14. The summed E-state index contributed by atoms with van der Waals surface area (Å²) in [4.78, 5) is 26.6. The van der Waals surface area contributed by atoms with Gasteiger partial charge in [0.15, 0.2) is 0 Å². The van der Waals surface area contributed by atoms with Crippen LogP contribution in [0.5, 0.6) is 0 Å². The number of halogens is 2. The zero-order valence-electron chi connectivity index (χ0n) is 13.5. The van der Waals surface area contributed by atoms with Gasteiger partial charge in [-0.2, -0.15) is 0 Å². The molecular formula is C19H18Cl2N2O2. The van der Waals surface area contributed by atoms with Crippen molar-refractivity contribution in [2.75, 3.05) is 13.1 Å². The summed E-state index contributed by atoms with van der Waals surface area (Å²) in [6, 6.07) is 13.9. The van der Waals surface area contributed by atoms with Crippen molar-refractivity contribution in [3.8, 4) is 0 Å². The van der Waals surface area contributed by atoms with Crippen LogP contribution in [-0.4, -0.2) is 35.8 Å². The number of carbonyl (C=O) groups is 2. The Labute approximate surface area is 156 Å². The van der Waals surface area contributed by atoms with Crippen LogP contribution in [0.15, 0.2) is 48.5 Å². The molecule has 0 spiro atoms. The van der Waals surface area contributed by atoms with Gasteiger partial charge in [0, 0.05) is 40.3 Å². The fourth-order valence-electron chi connectivity index (χ4n) is 2.93. The van der Waals surface area contributed by atoms with E-state index in [4.69, 9.17) is 23.2 Å². The SMILES string of the molecule is O=C(NC1CCN(C(=O)c2cccc(Cl)c2)CC1)c1cccc(Cl)c1. The summed E-state index contributed by atoms with van der Waals surface area (Å²) >= 11 is 11.9. The molecule has 0 aromatic heterocycles. The van der Waals surface area contributed by atoms with E-state index in [0.717, 1.165) is 12.8 Å². The second kappa shape index (κ2) is 7.89. The number of carbonyl (C=O) groups excluding carboxylic acids is 2. The Morgan fingerprint density at radius 2 is 1.48 bits per heavy atom. The Morgan fingerprint density at radius 3 is 2.08 bits per heavy atom. The highest BCUT2D eigenvalue weighted by Gasteiger charge is 2.25. The lowest BCUT2D eigenvalue weighted by Crippen LogP contribution is -2.46. The lowest BCUT2D eigenvalue weighted by Gasteiger charge is -2.32. The van der Waals surface area contributed by atoms with Crippen molar-refractivity contribution in [3.63, 3.8) is 0 Å². The van der Waals surface area contributed by atoms with E-state index >= 15 is 0 Å². The first-order valence-corrected chi connectivity index (χ1v) is 8.90. The molecular weight excluding hydrogens is 359 g/mol. The molecule has 1 fully saturated rings. The number of nitrogens with zero attached hydrogens (tertiary/aromatic N) is 1. The van der Waals surface area contributed by atoms with Crippen molar-refractivity contribution >= 4 is 35.0 Å². The summed E-state index contributed by atoms with van der Waals surface area (Å²) in [5.74, 6) is -0.163. The second-order valence-corrected chi connectivity index (χ2v) is 6.93. The number of nitrogens with one attached hydrogen (secondary N) is 1. The van der Waals surface area contributed by atoms with Crippen molar-refractivity contribution in [1.29, 1.82) is 0 Å². The van der Waals surface area contributed by atoms with Crippen molar-refractivity contribution in [1.82, 2.24) is 10.2 Å². The molecule has 130 valence electrons. The minimum atomic E-state index is -0.137. The highest BCUT2D eigenvalue weighted by Crippen LogP contribution is 2.17. The molecule has 0 radical (unpaired) electrons. The van der Waals surface area contributed by atoms with Crippen LogP contribution >= 0.6 is 23.2 Å². The van der Waals surface area contributed by atoms with Crippen LogP contribution in [0.3, 0.4) is 0 Å². The van der Waals surface area contributed by atoms with Crippen LogP contribution in [0, 0.1) is 0 Å². The van der Waals surface area contributed by atoms with Crippen LogP contribution in [0.2, 0.25) is 10.0 Å². The molecule has 1 aliphatic rings. The van der Waals surface area contributed by atoms with Crippen LogP contribution in [-0.2, 0) is 0 Å². The van der Waals surface area contributed by atoms with Crippen molar-refractivity contribution in [2.24, 2.45) is 0 Å². The molecule has 1 aliphatic heterocycles. The van der Waals surface area contributed by atoms with E-state index < -0.39 is 0 Å². The number of piperidine rings is 1. The van der Waals surface area contributed by atoms with Crippen LogP contribution in [0.25, 0.3) is 0 Å². The smallest absolute Gasteiger partial charge is 0.253 e. The van der Waals surface area contributed by atoms with E-state index in [1.165, 1.54) is 0 Å².